The average molecular weight is 195 g/mol. The molecule has 0 saturated carbocycles. The predicted octanol–water partition coefficient (Wildman–Crippen LogP) is 1.25. The highest BCUT2D eigenvalue weighted by atomic mass is 35.5. The Kier molecular flexibility index (Phi) is 7.79. The van der Waals surface area contributed by atoms with Crippen molar-refractivity contribution in [1.82, 2.24) is 0 Å². The van der Waals surface area contributed by atoms with E-state index in [4.69, 9.17) is 0 Å². The first kappa shape index (κ1) is 13.3. The summed E-state index contributed by atoms with van der Waals surface area (Å²) in [4.78, 5) is 0. The number of nitrogens with two attached hydrogens (primary N) is 2. The van der Waals surface area contributed by atoms with Crippen LogP contribution in [-0.4, -0.2) is 0 Å². The molecule has 2 rings (SSSR count). The average Bonchev–Trinajstić information content (AvgIpc) is 2.69. The molecule has 0 radical (unpaired) electrons. The highest BCUT2D eigenvalue weighted by molar-refractivity contribution is 5.85. The van der Waals surface area contributed by atoms with Gasteiger partial charge in [-0.2, -0.15) is 0 Å². The molecule has 2 nitrogen and oxygen atoms in total. The van der Waals surface area contributed by atoms with Gasteiger partial charge in [0.25, 0.3) is 0 Å². The molecule has 4 heteroatoms. The van der Waals surface area contributed by atoms with Crippen LogP contribution in [0.4, 0.5) is 0 Å². The third kappa shape index (κ3) is 3.58. The molecule has 64 valence electrons. The second-order valence-corrected chi connectivity index (χ2v) is 1.95. The molecule has 0 bridgehead atoms. The van der Waals surface area contributed by atoms with E-state index in [9.17, 15) is 0 Å². The predicted molar refractivity (Wildman–Crippen MR) is 52.1 cm³/mol. The second kappa shape index (κ2) is 6.43. The van der Waals surface area contributed by atoms with Gasteiger partial charge in [0.2, 0.25) is 0 Å². The lowest BCUT2D eigenvalue weighted by Gasteiger charge is -1.69. The van der Waals surface area contributed by atoms with E-state index < -0.39 is 0 Å². The van der Waals surface area contributed by atoms with Crippen molar-refractivity contribution in [1.29, 1.82) is 0 Å². The maximum absolute atomic E-state index is 4.00. The Labute approximate surface area is 78.8 Å². The van der Waals surface area contributed by atoms with E-state index in [1.165, 1.54) is 17.5 Å². The van der Waals surface area contributed by atoms with Crippen molar-refractivity contribution < 1.29 is 0 Å². The number of halogens is 2. The summed E-state index contributed by atoms with van der Waals surface area (Å²) >= 11 is 0. The smallest absolute Gasteiger partial charge is 0.00201 e. The number of hydrazine groups is 1. The fourth-order valence-electron chi connectivity index (χ4n) is 0.836. The minimum absolute atomic E-state index is 0. The summed E-state index contributed by atoms with van der Waals surface area (Å²) in [5.74, 6) is 8.00. The molecule has 0 fully saturated rings. The topological polar surface area (TPSA) is 52.0 Å². The molecular formula is C7H12Cl2N2. The normalized spacial score (nSPS) is 8.91. The standard InChI is InChI=1S/C7H6.2ClH.H4N2/c1-2-4-7-5-6(7)3-1;;;1-2/h1-4H,5H2;2*1H;1-2H2. The number of benzene rings is 1. The Morgan fingerprint density at radius 3 is 1.55 bits per heavy atom. The van der Waals surface area contributed by atoms with Crippen molar-refractivity contribution in [2.75, 3.05) is 0 Å². The van der Waals surface area contributed by atoms with Gasteiger partial charge in [-0.1, -0.05) is 24.3 Å². The summed E-state index contributed by atoms with van der Waals surface area (Å²) < 4.78 is 0. The summed E-state index contributed by atoms with van der Waals surface area (Å²) in [5, 5.41) is 0. The quantitative estimate of drug-likeness (QED) is 0.491. The Bertz CT molecular complexity index is 182. The van der Waals surface area contributed by atoms with Crippen LogP contribution in [0.5, 0.6) is 0 Å². The van der Waals surface area contributed by atoms with Crippen molar-refractivity contribution in [3.05, 3.63) is 35.4 Å². The fraction of sp³-hybridized carbons (Fsp3) is 0.143. The van der Waals surface area contributed by atoms with Gasteiger partial charge in [-0.25, -0.2) is 0 Å². The lowest BCUT2D eigenvalue weighted by molar-refractivity contribution is 1.26. The molecule has 0 heterocycles. The van der Waals surface area contributed by atoms with Gasteiger partial charge < -0.3 is 0 Å². The molecule has 1 aromatic carbocycles. The van der Waals surface area contributed by atoms with Crippen LogP contribution in [-0.2, 0) is 6.42 Å². The number of fused-ring (bicyclic) bond motifs is 1. The van der Waals surface area contributed by atoms with Gasteiger partial charge in [0.05, 0.1) is 0 Å². The molecule has 0 unspecified atom stereocenters. The van der Waals surface area contributed by atoms with Crippen LogP contribution in [0.2, 0.25) is 0 Å². The maximum atomic E-state index is 4.00. The summed E-state index contributed by atoms with van der Waals surface area (Å²) in [5.41, 5.74) is 3.06. The zero-order valence-corrected chi connectivity index (χ0v) is 7.62. The third-order valence-corrected chi connectivity index (χ3v) is 1.37. The summed E-state index contributed by atoms with van der Waals surface area (Å²) in [6, 6.07) is 8.53. The molecule has 1 aliphatic rings. The number of rotatable bonds is 0. The second-order valence-electron chi connectivity index (χ2n) is 1.95. The third-order valence-electron chi connectivity index (χ3n) is 1.37. The summed E-state index contributed by atoms with van der Waals surface area (Å²) in [6.07, 6.45) is 1.24. The van der Waals surface area contributed by atoms with Crippen LogP contribution >= 0.6 is 24.8 Å². The number of hydrogen-bond donors (Lipinski definition) is 2. The van der Waals surface area contributed by atoms with E-state index in [2.05, 4.69) is 36.0 Å². The van der Waals surface area contributed by atoms with Gasteiger partial charge in [-0.05, 0) is 17.5 Å². The summed E-state index contributed by atoms with van der Waals surface area (Å²) in [6.45, 7) is 0. The van der Waals surface area contributed by atoms with Crippen LogP contribution in [0.25, 0.3) is 0 Å². The van der Waals surface area contributed by atoms with E-state index in [0.29, 0.717) is 0 Å². The minimum Gasteiger partial charge on any atom is -0.274 e. The van der Waals surface area contributed by atoms with Gasteiger partial charge in [0.1, 0.15) is 0 Å². The molecule has 4 N–H and O–H groups in total. The van der Waals surface area contributed by atoms with E-state index in [1.54, 1.807) is 0 Å². The Balaban J connectivity index is 0. The van der Waals surface area contributed by atoms with Crippen LogP contribution < -0.4 is 11.7 Å². The van der Waals surface area contributed by atoms with Crippen LogP contribution in [0.1, 0.15) is 11.1 Å². The van der Waals surface area contributed by atoms with Crippen LogP contribution in [0, 0.1) is 0 Å². The van der Waals surface area contributed by atoms with Gasteiger partial charge in [-0.15, -0.1) is 24.8 Å². The first-order valence-corrected chi connectivity index (χ1v) is 2.87. The Morgan fingerprint density at radius 1 is 0.909 bits per heavy atom. The molecule has 0 aliphatic heterocycles. The fourth-order valence-corrected chi connectivity index (χ4v) is 0.836. The first-order chi connectivity index (χ1) is 4.47. The van der Waals surface area contributed by atoms with Crippen molar-refractivity contribution in [2.45, 2.75) is 6.42 Å². The molecule has 0 aromatic heterocycles. The van der Waals surface area contributed by atoms with E-state index >= 15 is 0 Å². The summed E-state index contributed by atoms with van der Waals surface area (Å²) in [7, 11) is 0. The molecule has 0 spiro atoms. The lowest BCUT2D eigenvalue weighted by Crippen LogP contribution is -2.02. The molecule has 11 heavy (non-hydrogen) atoms. The van der Waals surface area contributed by atoms with Crippen molar-refractivity contribution in [3.63, 3.8) is 0 Å². The highest BCUT2D eigenvalue weighted by Crippen LogP contribution is 2.25. The molecule has 0 saturated heterocycles. The Morgan fingerprint density at radius 2 is 1.27 bits per heavy atom. The molecule has 1 aromatic rings. The minimum atomic E-state index is 0. The molecular weight excluding hydrogens is 183 g/mol. The largest absolute Gasteiger partial charge is 0.274 e. The zero-order valence-electron chi connectivity index (χ0n) is 5.99. The van der Waals surface area contributed by atoms with Gasteiger partial charge in [0.15, 0.2) is 0 Å². The van der Waals surface area contributed by atoms with Gasteiger partial charge in [-0.3, -0.25) is 11.7 Å². The zero-order chi connectivity index (χ0) is 6.69. The Hall–Kier alpha value is -0.280. The monoisotopic (exact) mass is 194 g/mol. The van der Waals surface area contributed by atoms with Crippen molar-refractivity contribution >= 4 is 24.8 Å². The molecule has 1 aliphatic carbocycles. The van der Waals surface area contributed by atoms with Crippen LogP contribution in [0.3, 0.4) is 0 Å². The van der Waals surface area contributed by atoms with Gasteiger partial charge >= 0.3 is 0 Å². The van der Waals surface area contributed by atoms with Gasteiger partial charge in [0, 0.05) is 0 Å². The maximum Gasteiger partial charge on any atom is -0.00201 e. The van der Waals surface area contributed by atoms with E-state index in [1.807, 2.05) is 0 Å². The van der Waals surface area contributed by atoms with Crippen molar-refractivity contribution in [3.8, 4) is 0 Å². The van der Waals surface area contributed by atoms with E-state index in [0.717, 1.165) is 0 Å². The van der Waals surface area contributed by atoms with Crippen molar-refractivity contribution in [2.24, 2.45) is 11.7 Å². The van der Waals surface area contributed by atoms with E-state index in [-0.39, 0.29) is 24.8 Å². The molecule has 0 amide bonds. The SMILES string of the molecule is Cl.Cl.NN.c1ccc2c(c1)C2. The first-order valence-electron chi connectivity index (χ1n) is 2.87. The van der Waals surface area contributed by atoms with Crippen LogP contribution in [0.15, 0.2) is 24.3 Å². The molecule has 0 atom stereocenters. The lowest BCUT2D eigenvalue weighted by atomic mass is 10.4. The number of hydrogen-bond acceptors (Lipinski definition) is 2. The highest BCUT2D eigenvalue weighted by Gasteiger charge is 2.12.